The lowest BCUT2D eigenvalue weighted by Crippen LogP contribution is -2.41. The Balaban J connectivity index is 2.21. The minimum absolute atomic E-state index is 0.00840. The molecule has 0 heterocycles. The van der Waals surface area contributed by atoms with Gasteiger partial charge in [0.15, 0.2) is 0 Å². The predicted molar refractivity (Wildman–Crippen MR) is 72.4 cm³/mol. The van der Waals surface area contributed by atoms with E-state index >= 15 is 0 Å². The normalized spacial score (nSPS) is 22.8. The number of nitrogens with two attached hydrogens (primary N) is 1. The molecule has 1 fully saturated rings. The maximum atomic E-state index is 11.9. The average molecular weight is 271 g/mol. The summed E-state index contributed by atoms with van der Waals surface area (Å²) in [7, 11) is 1.57. The van der Waals surface area contributed by atoms with Gasteiger partial charge in [-0.3, -0.25) is 9.59 Å². The lowest BCUT2D eigenvalue weighted by molar-refractivity contribution is -0.129. The maximum Gasteiger partial charge on any atom is 0.239 e. The molecule has 110 valence electrons. The largest absolute Gasteiger partial charge is 0.383 e. The number of rotatable bonds is 7. The van der Waals surface area contributed by atoms with Crippen LogP contribution in [0, 0.1) is 11.8 Å². The number of ether oxygens (including phenoxy) is 1. The number of hydrogen-bond acceptors (Lipinski definition) is 4. The van der Waals surface area contributed by atoms with Crippen molar-refractivity contribution in [2.45, 2.75) is 25.7 Å². The molecular formula is C13H25N3O3. The van der Waals surface area contributed by atoms with Gasteiger partial charge in [0.05, 0.1) is 13.2 Å². The molecule has 2 atom stereocenters. The molecule has 0 aromatic rings. The highest BCUT2D eigenvalue weighted by atomic mass is 16.5. The van der Waals surface area contributed by atoms with Gasteiger partial charge in [0, 0.05) is 19.6 Å². The van der Waals surface area contributed by atoms with E-state index in [1.807, 2.05) is 0 Å². The Morgan fingerprint density at radius 3 is 2.79 bits per heavy atom. The second-order valence-corrected chi connectivity index (χ2v) is 5.03. The second-order valence-electron chi connectivity index (χ2n) is 5.03. The Kier molecular flexibility index (Phi) is 7.43. The molecule has 1 aliphatic rings. The molecule has 0 bridgehead atoms. The zero-order chi connectivity index (χ0) is 14.1. The molecular weight excluding hydrogens is 246 g/mol. The monoisotopic (exact) mass is 271 g/mol. The highest BCUT2D eigenvalue weighted by molar-refractivity contribution is 5.85. The van der Waals surface area contributed by atoms with E-state index < -0.39 is 0 Å². The van der Waals surface area contributed by atoms with Gasteiger partial charge in [0.2, 0.25) is 11.8 Å². The van der Waals surface area contributed by atoms with Crippen LogP contribution in [0.4, 0.5) is 0 Å². The van der Waals surface area contributed by atoms with Crippen molar-refractivity contribution < 1.29 is 14.3 Å². The van der Waals surface area contributed by atoms with Gasteiger partial charge < -0.3 is 21.1 Å². The molecule has 1 saturated carbocycles. The van der Waals surface area contributed by atoms with Crippen LogP contribution >= 0.6 is 0 Å². The SMILES string of the molecule is COCCNC(=O)CNC(=O)C1CCCC(CN)C1. The first-order chi connectivity index (χ1) is 9.17. The van der Waals surface area contributed by atoms with Crippen LogP contribution in [0.3, 0.4) is 0 Å². The van der Waals surface area contributed by atoms with Crippen LogP contribution in [-0.4, -0.2) is 45.2 Å². The second kappa shape index (κ2) is 8.87. The summed E-state index contributed by atoms with van der Waals surface area (Å²) in [6, 6.07) is 0. The van der Waals surface area contributed by atoms with Crippen molar-refractivity contribution in [1.29, 1.82) is 0 Å². The van der Waals surface area contributed by atoms with E-state index in [4.69, 9.17) is 10.5 Å². The first kappa shape index (κ1) is 15.9. The van der Waals surface area contributed by atoms with Crippen LogP contribution in [0.5, 0.6) is 0 Å². The van der Waals surface area contributed by atoms with Crippen molar-refractivity contribution >= 4 is 11.8 Å². The number of nitrogens with one attached hydrogen (secondary N) is 2. The van der Waals surface area contributed by atoms with E-state index in [0.717, 1.165) is 25.7 Å². The van der Waals surface area contributed by atoms with Crippen LogP contribution < -0.4 is 16.4 Å². The van der Waals surface area contributed by atoms with Crippen LogP contribution in [0.2, 0.25) is 0 Å². The zero-order valence-corrected chi connectivity index (χ0v) is 11.6. The summed E-state index contributed by atoms with van der Waals surface area (Å²) in [5, 5.41) is 5.35. The minimum atomic E-state index is -0.184. The number of hydrogen-bond donors (Lipinski definition) is 3. The van der Waals surface area contributed by atoms with Gasteiger partial charge in [-0.2, -0.15) is 0 Å². The van der Waals surface area contributed by atoms with Crippen molar-refractivity contribution in [2.75, 3.05) is 33.4 Å². The standard InChI is InChI=1S/C13H25N3O3/c1-19-6-5-15-12(17)9-16-13(18)11-4-2-3-10(7-11)8-14/h10-11H,2-9,14H2,1H3,(H,15,17)(H,16,18). The molecule has 19 heavy (non-hydrogen) atoms. The lowest BCUT2D eigenvalue weighted by atomic mass is 9.81. The molecule has 0 spiro atoms. The Labute approximate surface area is 114 Å². The zero-order valence-electron chi connectivity index (χ0n) is 11.6. The highest BCUT2D eigenvalue weighted by Gasteiger charge is 2.26. The molecule has 6 heteroatoms. The number of methoxy groups -OCH3 is 1. The third kappa shape index (κ3) is 6.02. The highest BCUT2D eigenvalue weighted by Crippen LogP contribution is 2.28. The van der Waals surface area contributed by atoms with Crippen molar-refractivity contribution in [2.24, 2.45) is 17.6 Å². The van der Waals surface area contributed by atoms with Gasteiger partial charge in [0.1, 0.15) is 0 Å². The fourth-order valence-corrected chi connectivity index (χ4v) is 2.41. The Bertz CT molecular complexity index is 297. The van der Waals surface area contributed by atoms with Crippen LogP contribution in [0.25, 0.3) is 0 Å². The summed E-state index contributed by atoms with van der Waals surface area (Å²) in [6.07, 6.45) is 3.89. The summed E-state index contributed by atoms with van der Waals surface area (Å²) < 4.78 is 4.82. The molecule has 2 unspecified atom stereocenters. The van der Waals surface area contributed by atoms with Gasteiger partial charge >= 0.3 is 0 Å². The summed E-state index contributed by atoms with van der Waals surface area (Å²) in [5.41, 5.74) is 5.65. The quantitative estimate of drug-likeness (QED) is 0.551. The van der Waals surface area contributed by atoms with E-state index in [-0.39, 0.29) is 24.3 Å². The molecule has 0 saturated heterocycles. The summed E-state index contributed by atoms with van der Waals surface area (Å²) in [5.74, 6) is 0.241. The van der Waals surface area contributed by atoms with Gasteiger partial charge in [-0.15, -0.1) is 0 Å². The molecule has 1 aliphatic carbocycles. The van der Waals surface area contributed by atoms with E-state index in [1.165, 1.54) is 0 Å². The Hall–Kier alpha value is -1.14. The Morgan fingerprint density at radius 2 is 2.11 bits per heavy atom. The summed E-state index contributed by atoms with van der Waals surface area (Å²) >= 11 is 0. The summed E-state index contributed by atoms with van der Waals surface area (Å²) in [4.78, 5) is 23.4. The Morgan fingerprint density at radius 1 is 1.32 bits per heavy atom. The molecule has 6 nitrogen and oxygen atoms in total. The smallest absolute Gasteiger partial charge is 0.239 e. The van der Waals surface area contributed by atoms with Crippen molar-refractivity contribution in [3.63, 3.8) is 0 Å². The van der Waals surface area contributed by atoms with Crippen LogP contribution in [-0.2, 0) is 14.3 Å². The summed E-state index contributed by atoms with van der Waals surface area (Å²) in [6.45, 7) is 1.61. The fourth-order valence-electron chi connectivity index (χ4n) is 2.41. The van der Waals surface area contributed by atoms with Gasteiger partial charge in [-0.1, -0.05) is 6.42 Å². The maximum absolute atomic E-state index is 11.9. The molecule has 1 rings (SSSR count). The molecule has 0 aromatic heterocycles. The third-order valence-corrected chi connectivity index (χ3v) is 3.54. The topological polar surface area (TPSA) is 93.5 Å². The average Bonchev–Trinajstić information content (AvgIpc) is 2.45. The predicted octanol–water partition coefficient (Wildman–Crippen LogP) is -0.370. The van der Waals surface area contributed by atoms with Crippen molar-refractivity contribution in [3.05, 3.63) is 0 Å². The fraction of sp³-hybridized carbons (Fsp3) is 0.846. The van der Waals surface area contributed by atoms with E-state index in [2.05, 4.69) is 10.6 Å². The number of carbonyl (C=O) groups excluding carboxylic acids is 2. The molecule has 2 amide bonds. The number of amides is 2. The van der Waals surface area contributed by atoms with Gasteiger partial charge in [0.25, 0.3) is 0 Å². The van der Waals surface area contributed by atoms with E-state index in [1.54, 1.807) is 7.11 Å². The molecule has 0 radical (unpaired) electrons. The van der Waals surface area contributed by atoms with Crippen LogP contribution in [0.1, 0.15) is 25.7 Å². The molecule has 4 N–H and O–H groups in total. The van der Waals surface area contributed by atoms with Crippen molar-refractivity contribution in [1.82, 2.24) is 10.6 Å². The first-order valence-electron chi connectivity index (χ1n) is 6.90. The van der Waals surface area contributed by atoms with E-state index in [0.29, 0.717) is 25.6 Å². The molecule has 0 aliphatic heterocycles. The van der Waals surface area contributed by atoms with Crippen LogP contribution in [0.15, 0.2) is 0 Å². The van der Waals surface area contributed by atoms with Gasteiger partial charge in [-0.05, 0) is 31.7 Å². The lowest BCUT2D eigenvalue weighted by Gasteiger charge is -2.27. The number of carbonyl (C=O) groups is 2. The van der Waals surface area contributed by atoms with E-state index in [9.17, 15) is 9.59 Å². The molecule has 0 aromatic carbocycles. The third-order valence-electron chi connectivity index (χ3n) is 3.54. The van der Waals surface area contributed by atoms with Crippen molar-refractivity contribution in [3.8, 4) is 0 Å². The van der Waals surface area contributed by atoms with Gasteiger partial charge in [-0.25, -0.2) is 0 Å². The first-order valence-corrected chi connectivity index (χ1v) is 6.90. The minimum Gasteiger partial charge on any atom is -0.383 e.